The third kappa shape index (κ3) is 3.01. The maximum atomic E-state index is 5.97. The number of pyridine rings is 1. The number of rotatable bonds is 2. The molecule has 0 amide bonds. The molecule has 0 spiro atoms. The van der Waals surface area contributed by atoms with Crippen LogP contribution in [0.15, 0.2) is 17.5 Å². The summed E-state index contributed by atoms with van der Waals surface area (Å²) < 4.78 is 14.4. The van der Waals surface area contributed by atoms with Crippen molar-refractivity contribution >= 4 is 40.0 Å². The van der Waals surface area contributed by atoms with Crippen molar-refractivity contribution in [2.24, 2.45) is 0 Å². The van der Waals surface area contributed by atoms with E-state index in [0.29, 0.717) is 12.3 Å². The smallest absolute Gasteiger partial charge is 0.195 e. The van der Waals surface area contributed by atoms with Crippen LogP contribution >= 0.6 is 23.1 Å². The summed E-state index contributed by atoms with van der Waals surface area (Å²) >= 11 is 2.88. The van der Waals surface area contributed by atoms with E-state index in [0.717, 1.165) is 35.1 Å². The first-order valence-electron chi connectivity index (χ1n) is 7.92. The van der Waals surface area contributed by atoms with Crippen molar-refractivity contribution in [3.8, 4) is 0 Å². The zero-order chi connectivity index (χ0) is 16.7. The Balaban J connectivity index is 1.56. The average Bonchev–Trinajstić information content (AvgIpc) is 3.23. The molecule has 24 heavy (non-hydrogen) atoms. The van der Waals surface area contributed by atoms with Gasteiger partial charge >= 0.3 is 0 Å². The number of ether oxygens (including phenoxy) is 1. The van der Waals surface area contributed by atoms with E-state index in [1.54, 1.807) is 11.3 Å². The van der Waals surface area contributed by atoms with Gasteiger partial charge in [-0.1, -0.05) is 20.8 Å². The number of aromatic nitrogens is 4. The maximum Gasteiger partial charge on any atom is 0.195 e. The van der Waals surface area contributed by atoms with Crippen molar-refractivity contribution in [1.29, 1.82) is 0 Å². The fourth-order valence-corrected chi connectivity index (χ4v) is 4.20. The highest BCUT2D eigenvalue weighted by molar-refractivity contribution is 7.09. The minimum Gasteiger partial charge on any atom is -0.367 e. The normalized spacial score (nSPS) is 19.1. The van der Waals surface area contributed by atoms with E-state index in [1.165, 1.54) is 11.7 Å². The molecular formula is C16H19N5OS2. The van der Waals surface area contributed by atoms with Crippen molar-refractivity contribution < 1.29 is 4.74 Å². The van der Waals surface area contributed by atoms with Crippen LogP contribution in [0.2, 0.25) is 0 Å². The van der Waals surface area contributed by atoms with Gasteiger partial charge < -0.3 is 9.64 Å². The van der Waals surface area contributed by atoms with Crippen LogP contribution in [0.5, 0.6) is 0 Å². The van der Waals surface area contributed by atoms with Crippen LogP contribution in [-0.2, 0) is 10.2 Å². The van der Waals surface area contributed by atoms with Crippen LogP contribution in [0.3, 0.4) is 0 Å². The molecule has 0 aliphatic carbocycles. The fraction of sp³-hybridized carbons (Fsp3) is 0.500. The first kappa shape index (κ1) is 15.9. The second-order valence-electron chi connectivity index (χ2n) is 6.90. The highest BCUT2D eigenvalue weighted by Gasteiger charge is 2.27. The highest BCUT2D eigenvalue weighted by atomic mass is 32.1. The fourth-order valence-electron chi connectivity index (χ4n) is 2.64. The predicted octanol–water partition coefficient (Wildman–Crippen LogP) is 3.42. The summed E-state index contributed by atoms with van der Waals surface area (Å²) in [6, 6.07) is 3.99. The second-order valence-corrected chi connectivity index (χ2v) is 8.32. The SMILES string of the molecule is CC(C)(C)c1csc(C2CN(c3ccc4nsnc4n3)CCO2)n1. The lowest BCUT2D eigenvalue weighted by Gasteiger charge is -2.32. The number of hydrogen-bond acceptors (Lipinski definition) is 8. The molecule has 1 atom stereocenters. The van der Waals surface area contributed by atoms with Crippen LogP contribution < -0.4 is 4.90 Å². The Kier molecular flexibility index (Phi) is 3.98. The summed E-state index contributed by atoms with van der Waals surface area (Å²) in [6.07, 6.45) is -0.00842. The highest BCUT2D eigenvalue weighted by Crippen LogP contribution is 2.31. The maximum absolute atomic E-state index is 5.97. The number of anilines is 1. The van der Waals surface area contributed by atoms with E-state index in [9.17, 15) is 0 Å². The van der Waals surface area contributed by atoms with E-state index in [-0.39, 0.29) is 11.5 Å². The number of hydrogen-bond donors (Lipinski definition) is 0. The minimum absolute atomic E-state index is 0.00842. The average molecular weight is 361 g/mol. The third-order valence-corrected chi connectivity index (χ3v) is 5.53. The number of thiazole rings is 1. The Bertz CT molecular complexity index is 853. The lowest BCUT2D eigenvalue weighted by atomic mass is 9.93. The Morgan fingerprint density at radius 3 is 2.88 bits per heavy atom. The largest absolute Gasteiger partial charge is 0.367 e. The van der Waals surface area contributed by atoms with Gasteiger partial charge in [0, 0.05) is 17.3 Å². The molecule has 6 nitrogen and oxygen atoms in total. The monoisotopic (exact) mass is 361 g/mol. The molecule has 1 saturated heterocycles. The Morgan fingerprint density at radius 2 is 2.08 bits per heavy atom. The van der Waals surface area contributed by atoms with E-state index >= 15 is 0 Å². The van der Waals surface area contributed by atoms with Crippen molar-refractivity contribution in [3.63, 3.8) is 0 Å². The van der Waals surface area contributed by atoms with Gasteiger partial charge in [0.2, 0.25) is 0 Å². The molecule has 3 aromatic rings. The quantitative estimate of drug-likeness (QED) is 0.697. The van der Waals surface area contributed by atoms with Crippen molar-refractivity contribution in [2.45, 2.75) is 32.3 Å². The lowest BCUT2D eigenvalue weighted by molar-refractivity contribution is 0.0392. The molecule has 3 aromatic heterocycles. The summed E-state index contributed by atoms with van der Waals surface area (Å²) in [5.41, 5.74) is 2.75. The molecule has 0 radical (unpaired) electrons. The standard InChI is InChI=1S/C16H19N5OS2/c1-16(2,3)12-9-23-15(17-12)11-8-21(6-7-22-11)13-5-4-10-14(18-13)20-24-19-10/h4-5,9,11H,6-8H2,1-3H3. The Morgan fingerprint density at radius 1 is 1.21 bits per heavy atom. The molecule has 0 bridgehead atoms. The van der Waals surface area contributed by atoms with Crippen LogP contribution in [0.1, 0.15) is 37.6 Å². The summed E-state index contributed by atoms with van der Waals surface area (Å²) in [5.74, 6) is 0.927. The molecular weight excluding hydrogens is 342 g/mol. The summed E-state index contributed by atoms with van der Waals surface area (Å²) in [4.78, 5) is 11.7. The Hall–Kier alpha value is -1.64. The third-order valence-electron chi connectivity index (χ3n) is 4.06. The van der Waals surface area contributed by atoms with Crippen molar-refractivity contribution in [2.75, 3.05) is 24.6 Å². The zero-order valence-electron chi connectivity index (χ0n) is 13.9. The predicted molar refractivity (Wildman–Crippen MR) is 96.9 cm³/mol. The van der Waals surface area contributed by atoms with E-state index in [2.05, 4.69) is 44.8 Å². The molecule has 4 heterocycles. The van der Waals surface area contributed by atoms with Crippen LogP contribution in [0, 0.1) is 0 Å². The second kappa shape index (κ2) is 6.02. The van der Waals surface area contributed by atoms with Gasteiger partial charge in [0.15, 0.2) is 5.65 Å². The Labute approximate surface area is 148 Å². The lowest BCUT2D eigenvalue weighted by Crippen LogP contribution is -2.38. The van der Waals surface area contributed by atoms with Gasteiger partial charge in [-0.25, -0.2) is 9.97 Å². The molecule has 0 N–H and O–H groups in total. The molecule has 1 aliphatic rings. The van der Waals surface area contributed by atoms with Gasteiger partial charge in [-0.2, -0.15) is 8.75 Å². The van der Waals surface area contributed by atoms with Crippen molar-refractivity contribution in [3.05, 3.63) is 28.2 Å². The molecule has 126 valence electrons. The van der Waals surface area contributed by atoms with E-state index in [4.69, 9.17) is 9.72 Å². The van der Waals surface area contributed by atoms with E-state index < -0.39 is 0 Å². The number of nitrogens with zero attached hydrogens (tertiary/aromatic N) is 5. The first-order chi connectivity index (χ1) is 11.5. The molecule has 1 aliphatic heterocycles. The van der Waals surface area contributed by atoms with E-state index in [1.807, 2.05) is 12.1 Å². The molecule has 0 aromatic carbocycles. The van der Waals surface area contributed by atoms with Gasteiger partial charge in [-0.15, -0.1) is 11.3 Å². The van der Waals surface area contributed by atoms with Crippen LogP contribution in [0.25, 0.3) is 11.2 Å². The summed E-state index contributed by atoms with van der Waals surface area (Å²) in [7, 11) is 0. The first-order valence-corrected chi connectivity index (χ1v) is 9.53. The summed E-state index contributed by atoms with van der Waals surface area (Å²) in [5, 5.41) is 3.18. The zero-order valence-corrected chi connectivity index (χ0v) is 15.5. The minimum atomic E-state index is -0.00842. The van der Waals surface area contributed by atoms with Gasteiger partial charge in [0.05, 0.1) is 30.6 Å². The van der Waals surface area contributed by atoms with Crippen LogP contribution in [0.4, 0.5) is 5.82 Å². The topological polar surface area (TPSA) is 64.0 Å². The molecule has 1 fully saturated rings. The number of fused-ring (bicyclic) bond motifs is 1. The molecule has 8 heteroatoms. The molecule has 1 unspecified atom stereocenters. The van der Waals surface area contributed by atoms with Gasteiger partial charge in [-0.05, 0) is 12.1 Å². The van der Waals surface area contributed by atoms with Gasteiger partial charge in [-0.3, -0.25) is 0 Å². The molecule has 0 saturated carbocycles. The van der Waals surface area contributed by atoms with Crippen molar-refractivity contribution in [1.82, 2.24) is 18.7 Å². The van der Waals surface area contributed by atoms with Crippen LogP contribution in [-0.4, -0.2) is 38.4 Å². The van der Waals surface area contributed by atoms with Gasteiger partial charge in [0.1, 0.15) is 22.4 Å². The number of morpholine rings is 1. The van der Waals surface area contributed by atoms with Gasteiger partial charge in [0.25, 0.3) is 0 Å². The molecule has 4 rings (SSSR count). The summed E-state index contributed by atoms with van der Waals surface area (Å²) in [6.45, 7) is 8.80.